The molecule has 4 unspecified atom stereocenters. The molecule has 2 rings (SSSR count). The Morgan fingerprint density at radius 3 is 2.60 bits per heavy atom. The van der Waals surface area contributed by atoms with Gasteiger partial charge in [0.15, 0.2) is 0 Å². The summed E-state index contributed by atoms with van der Waals surface area (Å²) < 4.78 is 0. The van der Waals surface area contributed by atoms with E-state index in [2.05, 4.69) is 12.2 Å². The molecule has 0 aromatic carbocycles. The summed E-state index contributed by atoms with van der Waals surface area (Å²) in [6.07, 6.45) is 10.6. The highest BCUT2D eigenvalue weighted by Crippen LogP contribution is 2.28. The molecule has 4 heteroatoms. The van der Waals surface area contributed by atoms with Crippen LogP contribution in [0, 0.1) is 17.8 Å². The van der Waals surface area contributed by atoms with E-state index in [1.54, 1.807) is 0 Å². The maximum Gasteiger partial charge on any atom is 0.220 e. The lowest BCUT2D eigenvalue weighted by Gasteiger charge is -2.29. The first-order chi connectivity index (χ1) is 9.15. The third-order valence-electron chi connectivity index (χ3n) is 5.05. The van der Waals surface area contributed by atoms with Gasteiger partial charge in [0.25, 0.3) is 0 Å². The Labute approximate surface area is 129 Å². The highest BCUT2D eigenvalue weighted by Gasteiger charge is 2.25. The summed E-state index contributed by atoms with van der Waals surface area (Å²) in [5.41, 5.74) is 6.10. The van der Waals surface area contributed by atoms with E-state index in [0.29, 0.717) is 18.3 Å². The first kappa shape index (κ1) is 17.8. The molecule has 3 nitrogen and oxygen atoms in total. The van der Waals surface area contributed by atoms with Crippen LogP contribution >= 0.6 is 12.4 Å². The fourth-order valence-electron chi connectivity index (χ4n) is 3.80. The van der Waals surface area contributed by atoms with Crippen LogP contribution in [-0.4, -0.2) is 18.5 Å². The topological polar surface area (TPSA) is 55.1 Å². The van der Waals surface area contributed by atoms with Crippen molar-refractivity contribution >= 4 is 18.3 Å². The third-order valence-corrected chi connectivity index (χ3v) is 5.05. The number of halogens is 1. The highest BCUT2D eigenvalue weighted by atomic mass is 35.5. The van der Waals surface area contributed by atoms with Crippen molar-refractivity contribution in [1.82, 2.24) is 5.32 Å². The van der Waals surface area contributed by atoms with Crippen molar-refractivity contribution in [3.8, 4) is 0 Å². The van der Waals surface area contributed by atoms with Crippen LogP contribution in [0.25, 0.3) is 0 Å². The monoisotopic (exact) mass is 302 g/mol. The summed E-state index contributed by atoms with van der Waals surface area (Å²) in [6, 6.07) is 0.245. The molecule has 0 heterocycles. The lowest BCUT2D eigenvalue weighted by molar-refractivity contribution is -0.122. The smallest absolute Gasteiger partial charge is 0.220 e. The van der Waals surface area contributed by atoms with Gasteiger partial charge in [0, 0.05) is 19.0 Å². The van der Waals surface area contributed by atoms with E-state index in [0.717, 1.165) is 25.3 Å². The van der Waals surface area contributed by atoms with E-state index < -0.39 is 0 Å². The Balaban J connectivity index is 0.00000200. The number of nitrogens with one attached hydrogen (secondary N) is 1. The zero-order valence-corrected chi connectivity index (χ0v) is 13.6. The quantitative estimate of drug-likeness (QED) is 0.837. The summed E-state index contributed by atoms with van der Waals surface area (Å²) in [7, 11) is 0. The van der Waals surface area contributed by atoms with Gasteiger partial charge >= 0.3 is 0 Å². The number of nitrogens with two attached hydrogens (primary N) is 1. The minimum absolute atomic E-state index is 0. The average molecular weight is 303 g/mol. The van der Waals surface area contributed by atoms with Gasteiger partial charge in [0.05, 0.1) is 0 Å². The molecular formula is C16H31ClN2O. The highest BCUT2D eigenvalue weighted by molar-refractivity contribution is 5.85. The van der Waals surface area contributed by atoms with Gasteiger partial charge in [0.2, 0.25) is 5.91 Å². The molecule has 3 N–H and O–H groups in total. The summed E-state index contributed by atoms with van der Waals surface area (Å²) in [6.45, 7) is 3.21. The van der Waals surface area contributed by atoms with Gasteiger partial charge in [-0.15, -0.1) is 12.4 Å². The van der Waals surface area contributed by atoms with Gasteiger partial charge in [-0.1, -0.05) is 32.6 Å². The zero-order valence-electron chi connectivity index (χ0n) is 12.8. The van der Waals surface area contributed by atoms with Gasteiger partial charge in [-0.2, -0.15) is 0 Å². The van der Waals surface area contributed by atoms with Crippen LogP contribution in [0.4, 0.5) is 0 Å². The Kier molecular flexibility index (Phi) is 7.90. The molecule has 118 valence electrons. The van der Waals surface area contributed by atoms with Crippen molar-refractivity contribution in [1.29, 1.82) is 0 Å². The maximum absolute atomic E-state index is 12.0. The fraction of sp³-hybridized carbons (Fsp3) is 0.938. The molecule has 2 fully saturated rings. The van der Waals surface area contributed by atoms with E-state index in [9.17, 15) is 4.79 Å². The molecule has 0 aromatic heterocycles. The van der Waals surface area contributed by atoms with Crippen LogP contribution < -0.4 is 11.1 Å². The van der Waals surface area contributed by atoms with Gasteiger partial charge in [-0.25, -0.2) is 0 Å². The Bertz CT molecular complexity index is 298. The summed E-state index contributed by atoms with van der Waals surface area (Å²) in [5.74, 6) is 2.18. The molecule has 2 aliphatic carbocycles. The minimum Gasteiger partial charge on any atom is -0.356 e. The number of carbonyl (C=O) groups is 1. The number of carbonyl (C=O) groups excluding carboxylic acids is 1. The molecule has 0 aromatic rings. The largest absolute Gasteiger partial charge is 0.356 e. The van der Waals surface area contributed by atoms with Gasteiger partial charge < -0.3 is 11.1 Å². The van der Waals surface area contributed by atoms with Crippen LogP contribution in [0.2, 0.25) is 0 Å². The van der Waals surface area contributed by atoms with E-state index in [4.69, 9.17) is 5.73 Å². The minimum atomic E-state index is 0. The van der Waals surface area contributed by atoms with Crippen molar-refractivity contribution < 1.29 is 4.79 Å². The van der Waals surface area contributed by atoms with Crippen molar-refractivity contribution in [3.05, 3.63) is 0 Å². The second-order valence-corrected chi connectivity index (χ2v) is 6.85. The lowest BCUT2D eigenvalue weighted by atomic mass is 9.82. The molecule has 0 saturated heterocycles. The molecule has 1 amide bonds. The predicted octanol–water partition coefficient (Wildman–Crippen LogP) is 3.26. The second kappa shape index (κ2) is 8.89. The molecule has 0 spiro atoms. The van der Waals surface area contributed by atoms with Crippen LogP contribution in [0.15, 0.2) is 0 Å². The first-order valence-corrected chi connectivity index (χ1v) is 8.17. The maximum atomic E-state index is 12.0. The molecule has 0 aliphatic heterocycles. The predicted molar refractivity (Wildman–Crippen MR) is 85.9 cm³/mol. The van der Waals surface area contributed by atoms with Crippen molar-refractivity contribution in [3.63, 3.8) is 0 Å². The van der Waals surface area contributed by atoms with Crippen LogP contribution in [0.3, 0.4) is 0 Å². The lowest BCUT2D eigenvalue weighted by Crippen LogP contribution is -2.38. The number of hydrogen-bond donors (Lipinski definition) is 2. The first-order valence-electron chi connectivity index (χ1n) is 8.17. The van der Waals surface area contributed by atoms with Gasteiger partial charge in [-0.05, 0) is 43.4 Å². The molecule has 0 radical (unpaired) electrons. The van der Waals surface area contributed by atoms with Crippen molar-refractivity contribution in [2.45, 2.75) is 70.8 Å². The number of hydrogen-bond acceptors (Lipinski definition) is 2. The van der Waals surface area contributed by atoms with E-state index in [1.165, 1.54) is 38.5 Å². The summed E-state index contributed by atoms with van der Waals surface area (Å²) in [5, 5.41) is 3.15. The average Bonchev–Trinajstić information content (AvgIpc) is 2.39. The van der Waals surface area contributed by atoms with Crippen molar-refractivity contribution in [2.24, 2.45) is 23.5 Å². The zero-order chi connectivity index (χ0) is 13.7. The SMILES string of the molecule is CC1CCCC(CNC(=O)CC2CCCCC2N)C1.Cl. The van der Waals surface area contributed by atoms with Crippen LogP contribution in [-0.2, 0) is 4.79 Å². The van der Waals surface area contributed by atoms with Gasteiger partial charge in [0.1, 0.15) is 0 Å². The summed E-state index contributed by atoms with van der Waals surface area (Å²) in [4.78, 5) is 12.0. The van der Waals surface area contributed by atoms with E-state index in [1.807, 2.05) is 0 Å². The Hall–Kier alpha value is -0.280. The van der Waals surface area contributed by atoms with Crippen molar-refractivity contribution in [2.75, 3.05) is 6.54 Å². The van der Waals surface area contributed by atoms with Crippen LogP contribution in [0.1, 0.15) is 64.7 Å². The Morgan fingerprint density at radius 2 is 1.90 bits per heavy atom. The van der Waals surface area contributed by atoms with E-state index in [-0.39, 0.29) is 24.4 Å². The molecule has 2 aliphatic rings. The molecule has 0 bridgehead atoms. The van der Waals surface area contributed by atoms with Crippen LogP contribution in [0.5, 0.6) is 0 Å². The fourth-order valence-corrected chi connectivity index (χ4v) is 3.80. The Morgan fingerprint density at radius 1 is 1.15 bits per heavy atom. The molecular weight excluding hydrogens is 272 g/mol. The number of rotatable bonds is 4. The van der Waals surface area contributed by atoms with E-state index >= 15 is 0 Å². The second-order valence-electron chi connectivity index (χ2n) is 6.85. The molecule has 4 atom stereocenters. The normalized spacial score (nSPS) is 34.1. The number of amides is 1. The summed E-state index contributed by atoms with van der Waals surface area (Å²) >= 11 is 0. The molecule has 2 saturated carbocycles. The standard InChI is InChI=1S/C16H30N2O.ClH/c1-12-5-4-6-13(9-12)11-18-16(19)10-14-7-2-3-8-15(14)17;/h12-15H,2-11,17H2,1H3,(H,18,19);1H. The molecule has 20 heavy (non-hydrogen) atoms. The van der Waals surface area contributed by atoms with Gasteiger partial charge in [-0.3, -0.25) is 4.79 Å². The third kappa shape index (κ3) is 5.61.